The van der Waals surface area contributed by atoms with Crippen LogP contribution in [0.5, 0.6) is 5.75 Å². The topological polar surface area (TPSA) is 75.7 Å². The second-order valence-corrected chi connectivity index (χ2v) is 10.0. The maximum absolute atomic E-state index is 14.6. The number of nitrogens with one attached hydrogen (secondary N) is 1. The molecule has 3 rings (SSSR count). The Kier molecular flexibility index (Phi) is 9.25. The van der Waals surface area contributed by atoms with Gasteiger partial charge in [0.05, 0.1) is 17.2 Å². The number of amides is 1. The summed E-state index contributed by atoms with van der Waals surface area (Å²) in [6.07, 6.45) is 2.25. The van der Waals surface area contributed by atoms with Crippen LogP contribution in [-0.4, -0.2) is 34.0 Å². The molecule has 0 aromatic heterocycles. The number of rotatable bonds is 12. The minimum atomic E-state index is -4.16. The van der Waals surface area contributed by atoms with E-state index in [1.165, 1.54) is 36.4 Å². The fourth-order valence-electron chi connectivity index (χ4n) is 3.55. The zero-order valence-corrected chi connectivity index (χ0v) is 20.9. The quantitative estimate of drug-likeness (QED) is 0.362. The van der Waals surface area contributed by atoms with Crippen molar-refractivity contribution < 1.29 is 22.3 Å². The van der Waals surface area contributed by atoms with Gasteiger partial charge < -0.3 is 10.1 Å². The predicted molar refractivity (Wildman–Crippen MR) is 136 cm³/mol. The van der Waals surface area contributed by atoms with Crippen LogP contribution < -0.4 is 14.4 Å². The molecule has 1 N–H and O–H groups in total. The number of ether oxygens (including phenoxy) is 1. The molecule has 3 aromatic carbocycles. The molecule has 0 saturated heterocycles. The Labute approximate surface area is 206 Å². The molecule has 0 spiro atoms. The Morgan fingerprint density at radius 3 is 2.40 bits per heavy atom. The second kappa shape index (κ2) is 12.4. The lowest BCUT2D eigenvalue weighted by Gasteiger charge is -2.24. The Balaban J connectivity index is 1.68. The molecule has 1 amide bonds. The van der Waals surface area contributed by atoms with Crippen molar-refractivity contribution in [2.75, 3.05) is 24.0 Å². The summed E-state index contributed by atoms with van der Waals surface area (Å²) in [6.45, 7) is 4.33. The third-order valence-electron chi connectivity index (χ3n) is 5.40. The van der Waals surface area contributed by atoms with Crippen molar-refractivity contribution in [2.24, 2.45) is 0 Å². The molecule has 0 aliphatic heterocycles. The number of benzene rings is 3. The van der Waals surface area contributed by atoms with Gasteiger partial charge in [0, 0.05) is 6.54 Å². The van der Waals surface area contributed by atoms with Crippen molar-refractivity contribution >= 4 is 21.6 Å². The molecule has 0 radical (unpaired) electrons. The van der Waals surface area contributed by atoms with Gasteiger partial charge in [-0.05, 0) is 62.1 Å². The average Bonchev–Trinajstić information content (AvgIpc) is 2.85. The number of hydrogen-bond acceptors (Lipinski definition) is 4. The third-order valence-corrected chi connectivity index (χ3v) is 7.17. The van der Waals surface area contributed by atoms with E-state index in [1.807, 2.05) is 38.1 Å². The summed E-state index contributed by atoms with van der Waals surface area (Å²) in [6, 6.07) is 19.5. The average molecular weight is 499 g/mol. The highest BCUT2D eigenvalue weighted by Crippen LogP contribution is 2.26. The number of sulfonamides is 1. The Bertz CT molecular complexity index is 1230. The summed E-state index contributed by atoms with van der Waals surface area (Å²) >= 11 is 0. The van der Waals surface area contributed by atoms with Gasteiger partial charge in [0.15, 0.2) is 0 Å². The van der Waals surface area contributed by atoms with Crippen LogP contribution in [0, 0.1) is 12.7 Å². The zero-order valence-electron chi connectivity index (χ0n) is 20.0. The first-order valence-electron chi connectivity index (χ1n) is 11.6. The molecule has 6 nitrogen and oxygen atoms in total. The van der Waals surface area contributed by atoms with Crippen LogP contribution in [0.1, 0.15) is 30.9 Å². The van der Waals surface area contributed by atoms with Crippen molar-refractivity contribution in [3.8, 4) is 5.75 Å². The number of hydrogen-bond donors (Lipinski definition) is 1. The van der Waals surface area contributed by atoms with Crippen molar-refractivity contribution in [3.05, 3.63) is 89.7 Å². The summed E-state index contributed by atoms with van der Waals surface area (Å²) in [7, 11) is -4.16. The first-order valence-corrected chi connectivity index (χ1v) is 13.1. The van der Waals surface area contributed by atoms with E-state index < -0.39 is 28.3 Å². The van der Waals surface area contributed by atoms with Crippen molar-refractivity contribution in [1.82, 2.24) is 5.32 Å². The monoisotopic (exact) mass is 498 g/mol. The highest BCUT2D eigenvalue weighted by Gasteiger charge is 2.29. The van der Waals surface area contributed by atoms with Gasteiger partial charge >= 0.3 is 0 Å². The van der Waals surface area contributed by atoms with Gasteiger partial charge in [0.1, 0.15) is 18.1 Å². The van der Waals surface area contributed by atoms with Crippen LogP contribution in [0.4, 0.5) is 10.1 Å². The summed E-state index contributed by atoms with van der Waals surface area (Å²) in [5, 5.41) is 2.76. The number of anilines is 1. The fraction of sp³-hybridized carbons (Fsp3) is 0.296. The maximum Gasteiger partial charge on any atom is 0.264 e. The van der Waals surface area contributed by atoms with E-state index >= 15 is 0 Å². The Hall–Kier alpha value is -3.39. The Morgan fingerprint density at radius 1 is 1.00 bits per heavy atom. The van der Waals surface area contributed by atoms with Crippen LogP contribution >= 0.6 is 0 Å². The molecule has 186 valence electrons. The minimum Gasteiger partial charge on any atom is -0.493 e. The first-order chi connectivity index (χ1) is 16.8. The van der Waals surface area contributed by atoms with Crippen LogP contribution in [0.15, 0.2) is 77.7 Å². The fourth-order valence-corrected chi connectivity index (χ4v) is 4.98. The van der Waals surface area contributed by atoms with Crippen LogP contribution in [0.25, 0.3) is 0 Å². The lowest BCUT2D eigenvalue weighted by atomic mass is 10.1. The number of nitrogens with zero attached hydrogens (tertiary/aromatic N) is 1. The van der Waals surface area contributed by atoms with Gasteiger partial charge in [-0.15, -0.1) is 0 Å². The molecular weight excluding hydrogens is 467 g/mol. The molecule has 0 saturated carbocycles. The largest absolute Gasteiger partial charge is 0.493 e. The van der Waals surface area contributed by atoms with Gasteiger partial charge in [-0.25, -0.2) is 12.8 Å². The van der Waals surface area contributed by atoms with Gasteiger partial charge in [-0.1, -0.05) is 55.0 Å². The van der Waals surface area contributed by atoms with E-state index in [-0.39, 0.29) is 10.6 Å². The van der Waals surface area contributed by atoms with E-state index in [2.05, 4.69) is 5.32 Å². The molecule has 0 aliphatic carbocycles. The van der Waals surface area contributed by atoms with Crippen molar-refractivity contribution in [3.63, 3.8) is 0 Å². The first kappa shape index (κ1) is 26.2. The minimum absolute atomic E-state index is 0.0113. The van der Waals surface area contributed by atoms with Gasteiger partial charge in [-0.2, -0.15) is 0 Å². The van der Waals surface area contributed by atoms with Gasteiger partial charge in [0.2, 0.25) is 5.91 Å². The molecule has 8 heteroatoms. The van der Waals surface area contributed by atoms with E-state index in [0.29, 0.717) is 26.0 Å². The molecule has 0 fully saturated rings. The SMILES string of the molecule is CCCOc1ccccc1CCCNC(=O)CN(c1ccccc1F)S(=O)(=O)c1ccc(C)cc1. The van der Waals surface area contributed by atoms with Crippen molar-refractivity contribution in [1.29, 1.82) is 0 Å². The van der Waals surface area contributed by atoms with Crippen molar-refractivity contribution in [2.45, 2.75) is 38.0 Å². The smallest absolute Gasteiger partial charge is 0.264 e. The number of carbonyl (C=O) groups excluding carboxylic acids is 1. The predicted octanol–water partition coefficient (Wildman–Crippen LogP) is 4.87. The summed E-state index contributed by atoms with van der Waals surface area (Å²) in [5.41, 5.74) is 1.76. The van der Waals surface area contributed by atoms with Crippen LogP contribution in [-0.2, 0) is 21.2 Å². The summed E-state index contributed by atoms with van der Waals surface area (Å²) in [5.74, 6) is -0.408. The molecule has 0 atom stereocenters. The number of aryl methyl sites for hydroxylation is 2. The maximum atomic E-state index is 14.6. The third kappa shape index (κ3) is 7.05. The lowest BCUT2D eigenvalue weighted by Crippen LogP contribution is -2.41. The summed E-state index contributed by atoms with van der Waals surface area (Å²) in [4.78, 5) is 12.7. The van der Waals surface area contributed by atoms with E-state index in [1.54, 1.807) is 12.1 Å². The van der Waals surface area contributed by atoms with Gasteiger partial charge in [-0.3, -0.25) is 9.10 Å². The van der Waals surface area contributed by atoms with Crippen LogP contribution in [0.2, 0.25) is 0 Å². The molecule has 35 heavy (non-hydrogen) atoms. The normalized spacial score (nSPS) is 11.2. The molecule has 0 bridgehead atoms. The van der Waals surface area contributed by atoms with Gasteiger partial charge in [0.25, 0.3) is 10.0 Å². The molecule has 0 unspecified atom stereocenters. The standard InChI is InChI=1S/C27H31FN2O4S/c1-3-19-34-26-13-7-4-9-22(26)10-8-18-29-27(31)20-30(25-12-6-5-11-24(25)28)35(32,33)23-16-14-21(2)15-17-23/h4-7,9,11-17H,3,8,10,18-20H2,1-2H3,(H,29,31). The molecule has 3 aromatic rings. The number of para-hydroxylation sites is 2. The zero-order chi connectivity index (χ0) is 25.3. The summed E-state index contributed by atoms with van der Waals surface area (Å²) < 4.78 is 47.8. The number of halogens is 1. The lowest BCUT2D eigenvalue weighted by molar-refractivity contribution is -0.119. The van der Waals surface area contributed by atoms with E-state index in [4.69, 9.17) is 4.74 Å². The number of carbonyl (C=O) groups is 1. The second-order valence-electron chi connectivity index (χ2n) is 8.19. The highest BCUT2D eigenvalue weighted by atomic mass is 32.2. The molecule has 0 aliphatic rings. The molecular formula is C27H31FN2O4S. The molecule has 0 heterocycles. The Morgan fingerprint density at radius 2 is 1.69 bits per heavy atom. The highest BCUT2D eigenvalue weighted by molar-refractivity contribution is 7.92. The van der Waals surface area contributed by atoms with Crippen LogP contribution in [0.3, 0.4) is 0 Å². The van der Waals surface area contributed by atoms with E-state index in [0.717, 1.165) is 27.6 Å². The van der Waals surface area contributed by atoms with E-state index in [9.17, 15) is 17.6 Å².